The molecule has 1 aromatic carbocycles. The van der Waals surface area contributed by atoms with Crippen LogP contribution in [0.15, 0.2) is 30.5 Å². The summed E-state index contributed by atoms with van der Waals surface area (Å²) in [4.78, 5) is 14.6. The molecule has 0 unspecified atom stereocenters. The molecule has 1 aromatic heterocycles. The van der Waals surface area contributed by atoms with E-state index in [1.54, 1.807) is 23.0 Å². The lowest BCUT2D eigenvalue weighted by molar-refractivity contribution is 0.0723. The van der Waals surface area contributed by atoms with Crippen LogP contribution in [0.4, 0.5) is 4.39 Å². The predicted molar refractivity (Wildman–Crippen MR) is 82.7 cm³/mol. The first-order chi connectivity index (χ1) is 10.7. The lowest BCUT2D eigenvalue weighted by atomic mass is 10.1. The van der Waals surface area contributed by atoms with Crippen molar-refractivity contribution in [3.05, 3.63) is 47.5 Å². The Bertz CT molecular complexity index is 657. The van der Waals surface area contributed by atoms with Gasteiger partial charge >= 0.3 is 0 Å². The molecule has 0 bridgehead atoms. The highest BCUT2D eigenvalue weighted by Gasteiger charge is 2.23. The number of aromatic nitrogens is 2. The summed E-state index contributed by atoms with van der Waals surface area (Å²) in [6.45, 7) is 3.65. The monoisotopic (exact) mass is 301 g/mol. The molecule has 0 aliphatic carbocycles. The molecule has 2 heterocycles. The Morgan fingerprint density at radius 2 is 1.86 bits per heavy atom. The molecule has 0 atom stereocenters. The standard InChI is InChI=1S/C17H20FN3O/c1-2-16-15(17(22)20-10-4-3-5-11-20)12-19-21(16)14-8-6-13(18)7-9-14/h6-9,12H,2-5,10-11H2,1H3. The summed E-state index contributed by atoms with van der Waals surface area (Å²) in [7, 11) is 0. The normalized spacial score (nSPS) is 15.1. The smallest absolute Gasteiger partial charge is 0.257 e. The second-order valence-corrected chi connectivity index (χ2v) is 5.60. The summed E-state index contributed by atoms with van der Waals surface area (Å²) in [6, 6.07) is 6.17. The van der Waals surface area contributed by atoms with E-state index in [1.165, 1.54) is 18.6 Å². The summed E-state index contributed by atoms with van der Waals surface area (Å²) in [5.74, 6) is -0.219. The number of nitrogens with zero attached hydrogens (tertiary/aromatic N) is 3. The first kappa shape index (κ1) is 14.8. The fraction of sp³-hybridized carbons (Fsp3) is 0.412. The van der Waals surface area contributed by atoms with Gasteiger partial charge in [-0.25, -0.2) is 9.07 Å². The second-order valence-electron chi connectivity index (χ2n) is 5.60. The molecule has 0 saturated carbocycles. The molecule has 22 heavy (non-hydrogen) atoms. The van der Waals surface area contributed by atoms with Crippen LogP contribution >= 0.6 is 0 Å². The highest BCUT2D eigenvalue weighted by Crippen LogP contribution is 2.20. The van der Waals surface area contributed by atoms with Crippen LogP contribution in [0.1, 0.15) is 42.2 Å². The zero-order valence-corrected chi connectivity index (χ0v) is 12.8. The molecule has 3 rings (SSSR count). The number of likely N-dealkylation sites (tertiary alicyclic amines) is 1. The van der Waals surface area contributed by atoms with Gasteiger partial charge < -0.3 is 4.90 Å². The van der Waals surface area contributed by atoms with Crippen LogP contribution in [0, 0.1) is 5.82 Å². The van der Waals surface area contributed by atoms with Gasteiger partial charge in [-0.05, 0) is 49.9 Å². The maximum absolute atomic E-state index is 13.1. The summed E-state index contributed by atoms with van der Waals surface area (Å²) in [6.07, 6.45) is 5.67. The molecule has 1 amide bonds. The largest absolute Gasteiger partial charge is 0.339 e. The maximum atomic E-state index is 13.1. The third-order valence-electron chi connectivity index (χ3n) is 4.15. The molecular formula is C17H20FN3O. The SMILES string of the molecule is CCc1c(C(=O)N2CCCCC2)cnn1-c1ccc(F)cc1. The van der Waals surface area contributed by atoms with Gasteiger partial charge in [0.1, 0.15) is 5.82 Å². The van der Waals surface area contributed by atoms with E-state index in [0.29, 0.717) is 12.0 Å². The predicted octanol–water partition coefficient (Wildman–Crippen LogP) is 3.20. The molecule has 0 N–H and O–H groups in total. The van der Waals surface area contributed by atoms with E-state index < -0.39 is 0 Å². The van der Waals surface area contributed by atoms with E-state index in [2.05, 4.69) is 5.10 Å². The van der Waals surface area contributed by atoms with E-state index in [1.807, 2.05) is 11.8 Å². The molecular weight excluding hydrogens is 281 g/mol. The number of rotatable bonds is 3. The van der Waals surface area contributed by atoms with Crippen molar-refractivity contribution in [2.45, 2.75) is 32.6 Å². The molecule has 1 aliphatic heterocycles. The van der Waals surface area contributed by atoms with Crippen LogP contribution in [-0.2, 0) is 6.42 Å². The van der Waals surface area contributed by atoms with Crippen LogP contribution in [0.25, 0.3) is 5.69 Å². The van der Waals surface area contributed by atoms with Crippen molar-refractivity contribution in [3.63, 3.8) is 0 Å². The van der Waals surface area contributed by atoms with E-state index >= 15 is 0 Å². The van der Waals surface area contributed by atoms with Gasteiger partial charge in [0.2, 0.25) is 0 Å². The number of hydrogen-bond donors (Lipinski definition) is 0. The van der Waals surface area contributed by atoms with Gasteiger partial charge in [0, 0.05) is 13.1 Å². The van der Waals surface area contributed by atoms with Crippen LogP contribution in [0.3, 0.4) is 0 Å². The van der Waals surface area contributed by atoms with Gasteiger partial charge in [-0.1, -0.05) is 6.92 Å². The summed E-state index contributed by atoms with van der Waals surface area (Å²) in [5, 5.41) is 4.35. The van der Waals surface area contributed by atoms with Gasteiger partial charge in [-0.3, -0.25) is 4.79 Å². The number of amides is 1. The number of hydrogen-bond acceptors (Lipinski definition) is 2. The molecule has 116 valence electrons. The Morgan fingerprint density at radius 1 is 1.18 bits per heavy atom. The summed E-state index contributed by atoms with van der Waals surface area (Å²) < 4.78 is 14.8. The van der Waals surface area contributed by atoms with Gasteiger partial charge in [-0.2, -0.15) is 5.10 Å². The Hall–Kier alpha value is -2.17. The molecule has 4 nitrogen and oxygen atoms in total. The van der Waals surface area contributed by atoms with E-state index in [9.17, 15) is 9.18 Å². The number of benzene rings is 1. The Kier molecular flexibility index (Phi) is 4.22. The lowest BCUT2D eigenvalue weighted by Gasteiger charge is -2.26. The average molecular weight is 301 g/mol. The second kappa shape index (κ2) is 6.30. The Balaban J connectivity index is 1.93. The van der Waals surface area contributed by atoms with Crippen LogP contribution in [0.2, 0.25) is 0 Å². The minimum absolute atomic E-state index is 0.0601. The number of carbonyl (C=O) groups is 1. The third-order valence-corrected chi connectivity index (χ3v) is 4.15. The van der Waals surface area contributed by atoms with Crippen molar-refractivity contribution >= 4 is 5.91 Å². The maximum Gasteiger partial charge on any atom is 0.257 e. The van der Waals surface area contributed by atoms with Crippen molar-refractivity contribution in [2.24, 2.45) is 0 Å². The Labute approximate surface area is 129 Å². The molecule has 1 fully saturated rings. The number of carbonyl (C=O) groups excluding carboxylic acids is 1. The third kappa shape index (κ3) is 2.75. The minimum atomic E-state index is -0.279. The Morgan fingerprint density at radius 3 is 2.50 bits per heavy atom. The molecule has 0 radical (unpaired) electrons. The highest BCUT2D eigenvalue weighted by atomic mass is 19.1. The van der Waals surface area contributed by atoms with E-state index in [0.717, 1.165) is 37.3 Å². The molecule has 2 aromatic rings. The molecule has 5 heteroatoms. The van der Waals surface area contributed by atoms with Crippen molar-refractivity contribution < 1.29 is 9.18 Å². The fourth-order valence-electron chi connectivity index (χ4n) is 2.96. The van der Waals surface area contributed by atoms with Gasteiger partial charge in [0.05, 0.1) is 23.1 Å². The molecule has 1 saturated heterocycles. The summed E-state index contributed by atoms with van der Waals surface area (Å²) in [5.41, 5.74) is 2.31. The lowest BCUT2D eigenvalue weighted by Crippen LogP contribution is -2.35. The van der Waals surface area contributed by atoms with Crippen LogP contribution < -0.4 is 0 Å². The van der Waals surface area contributed by atoms with E-state index in [4.69, 9.17) is 0 Å². The quantitative estimate of drug-likeness (QED) is 0.873. The number of piperidine rings is 1. The average Bonchev–Trinajstić information content (AvgIpc) is 2.99. The van der Waals surface area contributed by atoms with Gasteiger partial charge in [-0.15, -0.1) is 0 Å². The fourth-order valence-corrected chi connectivity index (χ4v) is 2.96. The van der Waals surface area contributed by atoms with Crippen LogP contribution in [0.5, 0.6) is 0 Å². The summed E-state index contributed by atoms with van der Waals surface area (Å²) >= 11 is 0. The topological polar surface area (TPSA) is 38.1 Å². The van der Waals surface area contributed by atoms with Crippen LogP contribution in [-0.4, -0.2) is 33.7 Å². The van der Waals surface area contributed by atoms with Crippen molar-refractivity contribution in [1.29, 1.82) is 0 Å². The van der Waals surface area contributed by atoms with Crippen molar-refractivity contribution in [3.8, 4) is 5.69 Å². The van der Waals surface area contributed by atoms with Gasteiger partial charge in [0.25, 0.3) is 5.91 Å². The van der Waals surface area contributed by atoms with Crippen molar-refractivity contribution in [2.75, 3.05) is 13.1 Å². The van der Waals surface area contributed by atoms with Crippen molar-refractivity contribution in [1.82, 2.24) is 14.7 Å². The molecule has 0 spiro atoms. The minimum Gasteiger partial charge on any atom is -0.339 e. The highest BCUT2D eigenvalue weighted by molar-refractivity contribution is 5.95. The first-order valence-electron chi connectivity index (χ1n) is 7.83. The zero-order valence-electron chi connectivity index (χ0n) is 12.8. The molecule has 1 aliphatic rings. The zero-order chi connectivity index (χ0) is 15.5. The number of halogens is 1. The first-order valence-corrected chi connectivity index (χ1v) is 7.83. The van der Waals surface area contributed by atoms with E-state index in [-0.39, 0.29) is 11.7 Å². The van der Waals surface area contributed by atoms with Gasteiger partial charge in [0.15, 0.2) is 0 Å².